The van der Waals surface area contributed by atoms with Crippen molar-refractivity contribution in [3.05, 3.63) is 46.7 Å². The van der Waals surface area contributed by atoms with Crippen molar-refractivity contribution in [2.75, 3.05) is 6.54 Å². The Bertz CT molecular complexity index is 653. The number of allylic oxidation sites excluding steroid dienone is 1. The van der Waals surface area contributed by atoms with Crippen LogP contribution in [0.5, 0.6) is 0 Å². The first kappa shape index (κ1) is 21.5. The van der Waals surface area contributed by atoms with Gasteiger partial charge < -0.3 is 17.1 Å². The third-order valence-electron chi connectivity index (χ3n) is 3.46. The van der Waals surface area contributed by atoms with Gasteiger partial charge in [-0.05, 0) is 49.3 Å². The number of carbonyl (C=O) groups excluding carboxylic acids is 1. The predicted octanol–water partition coefficient (Wildman–Crippen LogP) is -4.02. The minimum Gasteiger partial charge on any atom is -0.396 e. The van der Waals surface area contributed by atoms with Crippen molar-refractivity contribution in [1.29, 1.82) is 0 Å². The number of rotatable bonds is 2. The molecule has 1 atom stereocenters. The van der Waals surface area contributed by atoms with E-state index in [1.54, 1.807) is 0 Å². The summed E-state index contributed by atoms with van der Waals surface area (Å²) >= 11 is -3.76. The Morgan fingerprint density at radius 3 is 2.28 bits per heavy atom. The molecule has 1 aliphatic rings. The summed E-state index contributed by atoms with van der Waals surface area (Å²) in [6.45, 7) is 8.71. The van der Waals surface area contributed by atoms with Crippen molar-refractivity contribution in [3.63, 3.8) is 0 Å². The fourth-order valence-electron chi connectivity index (χ4n) is 2.54. The van der Waals surface area contributed by atoms with E-state index in [4.69, 9.17) is 16.0 Å². The number of hydrogen-bond donors (Lipinski definition) is 3. The van der Waals surface area contributed by atoms with Crippen LogP contribution >= 0.6 is 0 Å². The van der Waals surface area contributed by atoms with E-state index in [9.17, 15) is 4.79 Å². The molecule has 0 saturated heterocycles. The first-order chi connectivity index (χ1) is 11.6. The van der Waals surface area contributed by atoms with Gasteiger partial charge in [-0.15, -0.1) is 0 Å². The topological polar surface area (TPSA) is 137 Å². The fraction of sp³-hybridized carbons (Fsp3) is 0.375. The zero-order chi connectivity index (χ0) is 19.1. The second kappa shape index (κ2) is 9.82. The second-order valence-electron chi connectivity index (χ2n) is 5.53. The molecule has 0 saturated carbocycles. The Labute approximate surface area is 156 Å². The van der Waals surface area contributed by atoms with E-state index < -0.39 is 27.4 Å². The molecule has 9 heteroatoms. The average Bonchev–Trinajstić information content (AvgIpc) is 2.45. The van der Waals surface area contributed by atoms with Gasteiger partial charge in [0.1, 0.15) is 5.84 Å². The molecule has 0 bridgehead atoms. The summed E-state index contributed by atoms with van der Waals surface area (Å²) < 4.78 is 24.5. The molecule has 1 aromatic rings. The Morgan fingerprint density at radius 1 is 1.32 bits per heavy atom. The Kier molecular flexibility index (Phi) is 8.45. The third kappa shape index (κ3) is 7.08. The lowest BCUT2D eigenvalue weighted by molar-refractivity contribution is -1.63. The summed E-state index contributed by atoms with van der Waals surface area (Å²) in [5, 5.41) is 2.82. The molecule has 0 fully saturated rings. The second-order valence-corrected chi connectivity index (χ2v) is 6.68. The van der Waals surface area contributed by atoms with Crippen LogP contribution in [0.4, 0.5) is 0 Å². The Balaban J connectivity index is 0.000000705. The molecule has 0 aliphatic carbocycles. The van der Waals surface area contributed by atoms with Crippen LogP contribution in [-0.2, 0) is 0 Å². The van der Waals surface area contributed by atoms with E-state index in [1.807, 2.05) is 56.9 Å². The van der Waals surface area contributed by atoms with Gasteiger partial charge >= 0.3 is 21.1 Å². The van der Waals surface area contributed by atoms with Crippen LogP contribution < -0.4 is 39.0 Å². The Morgan fingerprint density at radius 2 is 1.84 bits per heavy atom. The van der Waals surface area contributed by atoms with Crippen molar-refractivity contribution in [2.24, 2.45) is 10.7 Å². The Hall–Kier alpha value is -1.53. The van der Waals surface area contributed by atoms with Crippen LogP contribution in [0.2, 0.25) is 0 Å². The highest BCUT2D eigenvalue weighted by Crippen LogP contribution is 2.13. The summed E-state index contributed by atoms with van der Waals surface area (Å²) in [7, 11) is 0. The molecule has 1 aromatic carbocycles. The number of nitrogens with two attached hydrogens (primary N) is 1. The van der Waals surface area contributed by atoms with Crippen LogP contribution in [0.15, 0.2) is 35.0 Å². The highest BCUT2D eigenvalue weighted by Gasteiger charge is 2.19. The lowest BCUT2D eigenvalue weighted by Gasteiger charge is -2.31. The number of aryl methyl sites for hydroxylation is 2. The summed E-state index contributed by atoms with van der Waals surface area (Å²) in [5.74, 6) is 0.343. The van der Waals surface area contributed by atoms with Crippen LogP contribution in [0.25, 0.3) is 0 Å². The molecule has 1 heterocycles. The number of carbonyl (C=O) groups is 1. The lowest BCUT2D eigenvalue weighted by Crippen LogP contribution is -3.98. The lowest BCUT2D eigenvalue weighted by atomic mass is 10.1. The zero-order valence-corrected chi connectivity index (χ0v) is 16.8. The summed E-state index contributed by atoms with van der Waals surface area (Å²) in [6, 6.07) is 5.76. The van der Waals surface area contributed by atoms with Gasteiger partial charge in [-0.25, -0.2) is 4.99 Å². The molecular weight excluding hydrogens is 439 g/mol. The smallest absolute Gasteiger partial charge is 0.396 e. The van der Waals surface area contributed by atoms with Crippen molar-refractivity contribution >= 4 is 11.7 Å². The number of benzene rings is 1. The van der Waals surface area contributed by atoms with Crippen molar-refractivity contribution in [1.82, 2.24) is 10.2 Å². The minimum atomic E-state index is -3.76. The van der Waals surface area contributed by atoms with Gasteiger partial charge in [-0.1, -0.05) is 17.2 Å². The number of amides is 1. The SMILES string of the molecule is CCN1C(C)=CC(NC(=O)c2cc(C)cc(C)c2)=NC1N.[O-][I+2]([O-])O. The predicted molar refractivity (Wildman–Crippen MR) is 87.1 cm³/mol. The van der Waals surface area contributed by atoms with E-state index in [0.717, 1.165) is 23.4 Å². The maximum Gasteiger partial charge on any atom is 0.503 e. The normalized spacial score (nSPS) is 16.7. The number of hydrogen-bond acceptors (Lipinski definition) is 7. The van der Waals surface area contributed by atoms with Gasteiger partial charge in [0, 0.05) is 17.8 Å². The number of nitrogens with zero attached hydrogens (tertiary/aromatic N) is 2. The van der Waals surface area contributed by atoms with Gasteiger partial charge in [0.15, 0.2) is 6.29 Å². The molecular formula is C16H23IN4O4. The number of amidine groups is 1. The molecule has 0 aromatic heterocycles. The van der Waals surface area contributed by atoms with Crippen LogP contribution in [0, 0.1) is 13.8 Å². The van der Waals surface area contributed by atoms with Gasteiger partial charge in [0.2, 0.25) is 0 Å². The van der Waals surface area contributed by atoms with E-state index in [-0.39, 0.29) is 5.91 Å². The highest BCUT2D eigenvalue weighted by molar-refractivity contribution is 6.10. The third-order valence-corrected chi connectivity index (χ3v) is 3.46. The molecule has 25 heavy (non-hydrogen) atoms. The molecule has 2 rings (SSSR count). The number of aliphatic imine (C=N–C) groups is 1. The maximum absolute atomic E-state index is 12.3. The number of halogens is 1. The monoisotopic (exact) mass is 462 g/mol. The van der Waals surface area contributed by atoms with Crippen LogP contribution in [-0.4, -0.2) is 32.9 Å². The van der Waals surface area contributed by atoms with Gasteiger partial charge in [0.25, 0.3) is 5.91 Å². The summed E-state index contributed by atoms with van der Waals surface area (Å²) in [6.07, 6.45) is 1.39. The summed E-state index contributed by atoms with van der Waals surface area (Å²) in [5.41, 5.74) is 9.73. The van der Waals surface area contributed by atoms with Crippen molar-refractivity contribution in [2.45, 2.75) is 34.0 Å². The molecule has 8 nitrogen and oxygen atoms in total. The molecule has 4 N–H and O–H groups in total. The largest absolute Gasteiger partial charge is 0.503 e. The van der Waals surface area contributed by atoms with E-state index >= 15 is 0 Å². The van der Waals surface area contributed by atoms with Gasteiger partial charge in [-0.3, -0.25) is 10.5 Å². The van der Waals surface area contributed by atoms with Crippen LogP contribution in [0.3, 0.4) is 0 Å². The quantitative estimate of drug-likeness (QED) is 0.383. The first-order valence-corrected chi connectivity index (χ1v) is 10.3. The van der Waals surface area contributed by atoms with Crippen molar-refractivity contribution in [3.8, 4) is 0 Å². The maximum atomic E-state index is 12.3. The average molecular weight is 462 g/mol. The van der Waals surface area contributed by atoms with Gasteiger partial charge in [-0.2, -0.15) is 0 Å². The summed E-state index contributed by atoms with van der Waals surface area (Å²) in [4.78, 5) is 18.6. The minimum absolute atomic E-state index is 0.165. The fourth-order valence-corrected chi connectivity index (χ4v) is 2.54. The van der Waals surface area contributed by atoms with Crippen molar-refractivity contribution < 1.29 is 36.2 Å². The zero-order valence-electron chi connectivity index (χ0n) is 14.6. The molecule has 1 unspecified atom stereocenters. The molecule has 0 radical (unpaired) electrons. The molecule has 1 aliphatic heterocycles. The molecule has 1 amide bonds. The van der Waals surface area contributed by atoms with Gasteiger partial charge in [0.05, 0.1) is 0 Å². The van der Waals surface area contributed by atoms with E-state index in [1.165, 1.54) is 0 Å². The molecule has 138 valence electrons. The number of nitrogens with one attached hydrogen (secondary N) is 1. The molecule has 0 spiro atoms. The standard InChI is InChI=1S/C16H22N4O.HIO3/c1-5-20-12(4)9-14(19-16(20)17)18-15(21)13-7-10(2)6-11(3)8-13;2-1(3)4/h6-9,16H,5,17H2,1-4H3,(H,18,19,21);2H. The highest BCUT2D eigenvalue weighted by atomic mass is 127. The van der Waals surface area contributed by atoms with E-state index in [0.29, 0.717) is 11.4 Å². The van der Waals surface area contributed by atoms with Crippen LogP contribution in [0.1, 0.15) is 35.3 Å². The first-order valence-electron chi connectivity index (χ1n) is 7.56. The van der Waals surface area contributed by atoms with E-state index in [2.05, 4.69) is 10.3 Å².